The highest BCUT2D eigenvalue weighted by Crippen LogP contribution is 2.07. The fourth-order valence-corrected chi connectivity index (χ4v) is 2.17. The Morgan fingerprint density at radius 3 is 2.30 bits per heavy atom. The summed E-state index contributed by atoms with van der Waals surface area (Å²) in [5, 5.41) is 6.07. The first kappa shape index (κ1) is 19.0. The van der Waals surface area contributed by atoms with Crippen LogP contribution in [0.1, 0.15) is 38.3 Å². The minimum Gasteiger partial charge on any atom is -0.357 e. The summed E-state index contributed by atoms with van der Waals surface area (Å²) in [6, 6.07) is 8.61. The largest absolute Gasteiger partial charge is 0.357 e. The Hall–Kier alpha value is -2.04. The summed E-state index contributed by atoms with van der Waals surface area (Å²) in [5.41, 5.74) is 2.57. The van der Waals surface area contributed by atoms with Crippen LogP contribution in [0.15, 0.2) is 29.3 Å². The summed E-state index contributed by atoms with van der Waals surface area (Å²) in [7, 11) is 1.99. The number of hydrogen-bond donors (Lipinski definition) is 2. The molecule has 1 aromatic rings. The Morgan fingerprint density at radius 2 is 1.74 bits per heavy atom. The van der Waals surface area contributed by atoms with E-state index in [1.54, 1.807) is 0 Å². The molecule has 1 rings (SSSR count). The number of nitrogens with one attached hydrogen (secondary N) is 2. The zero-order valence-corrected chi connectivity index (χ0v) is 14.9. The van der Waals surface area contributed by atoms with Crippen LogP contribution in [0.3, 0.4) is 0 Å². The van der Waals surface area contributed by atoms with Crippen molar-refractivity contribution >= 4 is 11.9 Å². The number of aliphatic imine (C=N–C) groups is 1. The summed E-state index contributed by atoms with van der Waals surface area (Å²) < 4.78 is 0. The molecule has 5 heteroatoms. The molecule has 128 valence electrons. The van der Waals surface area contributed by atoms with E-state index in [4.69, 9.17) is 0 Å². The van der Waals surface area contributed by atoms with Crippen molar-refractivity contribution in [1.82, 2.24) is 15.5 Å². The van der Waals surface area contributed by atoms with Crippen LogP contribution in [0.25, 0.3) is 0 Å². The van der Waals surface area contributed by atoms with Gasteiger partial charge in [-0.3, -0.25) is 4.79 Å². The number of rotatable bonds is 8. The second-order valence-corrected chi connectivity index (χ2v) is 5.55. The summed E-state index contributed by atoms with van der Waals surface area (Å²) >= 11 is 0. The van der Waals surface area contributed by atoms with Gasteiger partial charge in [0.05, 0.1) is 0 Å². The molecule has 0 unspecified atom stereocenters. The second kappa shape index (κ2) is 10.6. The lowest BCUT2D eigenvalue weighted by Gasteiger charge is -2.22. The molecular formula is C18H30N4O. The van der Waals surface area contributed by atoms with Gasteiger partial charge in [-0.05, 0) is 30.9 Å². The number of aryl methyl sites for hydroxylation is 1. The van der Waals surface area contributed by atoms with Crippen LogP contribution in [0.4, 0.5) is 0 Å². The summed E-state index contributed by atoms with van der Waals surface area (Å²) in [6.07, 6.45) is 1.98. The number of benzene rings is 1. The van der Waals surface area contributed by atoms with E-state index < -0.39 is 0 Å². The van der Waals surface area contributed by atoms with Crippen molar-refractivity contribution < 1.29 is 4.79 Å². The van der Waals surface area contributed by atoms with Crippen molar-refractivity contribution in [2.75, 3.05) is 26.7 Å². The third kappa shape index (κ3) is 7.17. The Bertz CT molecular complexity index is 496. The van der Waals surface area contributed by atoms with Gasteiger partial charge in [0.2, 0.25) is 5.91 Å². The van der Waals surface area contributed by atoms with Gasteiger partial charge in [-0.25, -0.2) is 4.99 Å². The molecule has 0 radical (unpaired) electrons. The first-order valence-corrected chi connectivity index (χ1v) is 8.44. The maximum absolute atomic E-state index is 11.7. The van der Waals surface area contributed by atoms with Crippen molar-refractivity contribution in [3.8, 4) is 0 Å². The van der Waals surface area contributed by atoms with Crippen LogP contribution in [0.2, 0.25) is 0 Å². The van der Waals surface area contributed by atoms with Gasteiger partial charge in [-0.15, -0.1) is 0 Å². The lowest BCUT2D eigenvalue weighted by atomic mass is 10.1. The lowest BCUT2D eigenvalue weighted by Crippen LogP contribution is -2.39. The normalized spacial score (nSPS) is 11.2. The molecule has 0 atom stereocenters. The van der Waals surface area contributed by atoms with Gasteiger partial charge in [0.1, 0.15) is 6.54 Å². The van der Waals surface area contributed by atoms with Crippen LogP contribution in [0.5, 0.6) is 0 Å². The molecule has 0 saturated heterocycles. The fraction of sp³-hybridized carbons (Fsp3) is 0.556. The van der Waals surface area contributed by atoms with E-state index >= 15 is 0 Å². The van der Waals surface area contributed by atoms with Gasteiger partial charge in [0.15, 0.2) is 5.96 Å². The fourth-order valence-electron chi connectivity index (χ4n) is 2.17. The summed E-state index contributed by atoms with van der Waals surface area (Å²) in [5.74, 6) is 0.710. The highest BCUT2D eigenvalue weighted by molar-refractivity contribution is 5.84. The molecule has 0 aromatic heterocycles. The predicted molar refractivity (Wildman–Crippen MR) is 96.6 cm³/mol. The molecule has 1 aromatic carbocycles. The molecule has 5 nitrogen and oxygen atoms in total. The molecule has 0 fully saturated rings. The summed E-state index contributed by atoms with van der Waals surface area (Å²) in [6.45, 7) is 8.59. The molecule has 0 spiro atoms. The minimum absolute atomic E-state index is 0.0389. The van der Waals surface area contributed by atoms with Crippen molar-refractivity contribution in [2.45, 2.75) is 40.2 Å². The van der Waals surface area contributed by atoms with E-state index in [0.29, 0.717) is 6.54 Å². The van der Waals surface area contributed by atoms with E-state index in [1.807, 2.05) is 25.8 Å². The van der Waals surface area contributed by atoms with E-state index in [0.717, 1.165) is 31.9 Å². The van der Waals surface area contributed by atoms with Gasteiger partial charge in [0, 0.05) is 26.7 Å². The van der Waals surface area contributed by atoms with E-state index in [2.05, 4.69) is 46.8 Å². The standard InChI is InChI=1S/C18H30N4O/c1-5-12-20-17(23)13-21-18(19-7-3)22(4)14-16-10-8-15(6-2)9-11-16/h8-11H,5-7,12-14H2,1-4H3,(H,19,21)(H,20,23). The monoisotopic (exact) mass is 318 g/mol. The summed E-state index contributed by atoms with van der Waals surface area (Å²) in [4.78, 5) is 18.2. The Labute approximate surface area is 140 Å². The molecule has 2 N–H and O–H groups in total. The number of carbonyl (C=O) groups excluding carboxylic acids is 1. The molecule has 23 heavy (non-hydrogen) atoms. The molecule has 0 bridgehead atoms. The van der Waals surface area contributed by atoms with Gasteiger partial charge in [0.25, 0.3) is 0 Å². The number of nitrogens with zero attached hydrogens (tertiary/aromatic N) is 2. The average molecular weight is 318 g/mol. The number of guanidine groups is 1. The molecule has 1 amide bonds. The third-order valence-corrected chi connectivity index (χ3v) is 3.49. The SMILES string of the molecule is CCCNC(=O)CN=C(NCC)N(C)Cc1ccc(CC)cc1. The molecular weight excluding hydrogens is 288 g/mol. The minimum atomic E-state index is -0.0389. The zero-order chi connectivity index (χ0) is 17.1. The highest BCUT2D eigenvalue weighted by Gasteiger charge is 2.08. The second-order valence-electron chi connectivity index (χ2n) is 5.55. The third-order valence-electron chi connectivity index (χ3n) is 3.49. The topological polar surface area (TPSA) is 56.7 Å². The lowest BCUT2D eigenvalue weighted by molar-refractivity contribution is -0.119. The quantitative estimate of drug-likeness (QED) is 0.570. The smallest absolute Gasteiger partial charge is 0.241 e. The molecule has 0 heterocycles. The predicted octanol–water partition coefficient (Wildman–Crippen LogP) is 2.17. The number of hydrogen-bond acceptors (Lipinski definition) is 2. The molecule has 0 aliphatic carbocycles. The number of amides is 1. The van der Waals surface area contributed by atoms with E-state index in [-0.39, 0.29) is 12.5 Å². The van der Waals surface area contributed by atoms with Crippen molar-refractivity contribution in [2.24, 2.45) is 4.99 Å². The van der Waals surface area contributed by atoms with Crippen molar-refractivity contribution in [3.63, 3.8) is 0 Å². The van der Waals surface area contributed by atoms with Gasteiger partial charge in [-0.1, -0.05) is 38.1 Å². The van der Waals surface area contributed by atoms with Crippen molar-refractivity contribution in [3.05, 3.63) is 35.4 Å². The average Bonchev–Trinajstić information content (AvgIpc) is 2.57. The Balaban J connectivity index is 2.64. The van der Waals surface area contributed by atoms with Crippen molar-refractivity contribution in [1.29, 1.82) is 0 Å². The van der Waals surface area contributed by atoms with Crippen LogP contribution in [0, 0.1) is 0 Å². The van der Waals surface area contributed by atoms with Crippen LogP contribution < -0.4 is 10.6 Å². The van der Waals surface area contributed by atoms with E-state index in [9.17, 15) is 4.79 Å². The Morgan fingerprint density at radius 1 is 1.09 bits per heavy atom. The van der Waals surface area contributed by atoms with Crippen LogP contribution >= 0.6 is 0 Å². The Kier molecular flexibility index (Phi) is 8.80. The maximum atomic E-state index is 11.7. The van der Waals surface area contributed by atoms with Crippen LogP contribution in [-0.2, 0) is 17.8 Å². The molecule has 0 aliphatic rings. The molecule has 0 aliphatic heterocycles. The maximum Gasteiger partial charge on any atom is 0.241 e. The first-order chi connectivity index (χ1) is 11.1. The molecule has 0 saturated carbocycles. The first-order valence-electron chi connectivity index (χ1n) is 8.44. The van der Waals surface area contributed by atoms with Gasteiger partial charge in [-0.2, -0.15) is 0 Å². The van der Waals surface area contributed by atoms with E-state index in [1.165, 1.54) is 11.1 Å². The van der Waals surface area contributed by atoms with Crippen LogP contribution in [-0.4, -0.2) is 43.4 Å². The zero-order valence-electron chi connectivity index (χ0n) is 14.9. The van der Waals surface area contributed by atoms with Gasteiger partial charge >= 0.3 is 0 Å². The number of carbonyl (C=O) groups is 1. The van der Waals surface area contributed by atoms with Gasteiger partial charge < -0.3 is 15.5 Å². The highest BCUT2D eigenvalue weighted by atomic mass is 16.1.